The van der Waals surface area contributed by atoms with E-state index in [0.29, 0.717) is 32.4 Å². The molecule has 0 aliphatic heterocycles. The molecule has 0 spiro atoms. The Morgan fingerprint density at radius 2 is 1.93 bits per heavy atom. The fourth-order valence-electron chi connectivity index (χ4n) is 2.84. The lowest BCUT2D eigenvalue weighted by atomic mass is 10.2. The second kappa shape index (κ2) is 8.52. The Morgan fingerprint density at radius 1 is 1.20 bits per heavy atom. The van der Waals surface area contributed by atoms with E-state index in [1.54, 1.807) is 6.92 Å². The molecule has 30 heavy (non-hydrogen) atoms. The first-order chi connectivity index (χ1) is 14.2. The summed E-state index contributed by atoms with van der Waals surface area (Å²) in [5.41, 5.74) is 0.805. The molecule has 0 fully saturated rings. The second-order valence-corrected chi connectivity index (χ2v) is 8.74. The lowest BCUT2D eigenvalue weighted by Gasteiger charge is -2.11. The SMILES string of the molecule is COCc1nc(OC)c2c(C)c(C(=O)Nc3cc(S(N)(=O)=O)ccc3OC)sc2n1. The topological polar surface area (TPSA) is 143 Å². The summed E-state index contributed by atoms with van der Waals surface area (Å²) in [7, 11) is 0.472. The molecular weight excluding hydrogens is 432 g/mol. The van der Waals surface area contributed by atoms with Crippen LogP contribution in [-0.4, -0.2) is 45.6 Å². The van der Waals surface area contributed by atoms with Crippen LogP contribution in [0.15, 0.2) is 23.1 Å². The second-order valence-electron chi connectivity index (χ2n) is 6.18. The number of aromatic nitrogens is 2. The number of amides is 1. The third-order valence-corrected chi connectivity index (χ3v) is 6.32. The number of nitrogens with zero attached hydrogens (tertiary/aromatic N) is 2. The van der Waals surface area contributed by atoms with Crippen molar-refractivity contribution in [3.05, 3.63) is 34.5 Å². The number of nitrogens with two attached hydrogens (primary N) is 1. The molecule has 0 radical (unpaired) electrons. The van der Waals surface area contributed by atoms with Crippen molar-refractivity contribution in [3.63, 3.8) is 0 Å². The van der Waals surface area contributed by atoms with Crippen LogP contribution in [0.2, 0.25) is 0 Å². The maximum absolute atomic E-state index is 13.0. The summed E-state index contributed by atoms with van der Waals surface area (Å²) in [5.74, 6) is 0.594. The molecular formula is C18H20N4O6S2. The van der Waals surface area contributed by atoms with Gasteiger partial charge < -0.3 is 19.5 Å². The highest BCUT2D eigenvalue weighted by Crippen LogP contribution is 2.36. The molecule has 1 amide bonds. The zero-order chi connectivity index (χ0) is 22.1. The molecule has 1 aromatic carbocycles. The van der Waals surface area contributed by atoms with Gasteiger partial charge in [0.2, 0.25) is 15.9 Å². The summed E-state index contributed by atoms with van der Waals surface area (Å²) in [4.78, 5) is 22.5. The van der Waals surface area contributed by atoms with Crippen LogP contribution < -0.4 is 19.9 Å². The number of methoxy groups -OCH3 is 3. The van der Waals surface area contributed by atoms with Crippen LogP contribution >= 0.6 is 11.3 Å². The minimum Gasteiger partial charge on any atom is -0.495 e. The highest BCUT2D eigenvalue weighted by molar-refractivity contribution is 7.89. The highest BCUT2D eigenvalue weighted by atomic mass is 32.2. The molecule has 0 atom stereocenters. The fraction of sp³-hybridized carbons (Fsp3) is 0.278. The molecule has 0 saturated carbocycles. The number of nitrogens with one attached hydrogen (secondary N) is 1. The van der Waals surface area contributed by atoms with Crippen LogP contribution in [-0.2, 0) is 21.4 Å². The van der Waals surface area contributed by atoms with Gasteiger partial charge in [0.15, 0.2) is 5.82 Å². The van der Waals surface area contributed by atoms with E-state index < -0.39 is 15.9 Å². The van der Waals surface area contributed by atoms with Gasteiger partial charge in [-0.25, -0.2) is 18.5 Å². The van der Waals surface area contributed by atoms with Crippen LogP contribution in [0, 0.1) is 6.92 Å². The maximum atomic E-state index is 13.0. The summed E-state index contributed by atoms with van der Waals surface area (Å²) >= 11 is 1.16. The molecule has 0 unspecified atom stereocenters. The van der Waals surface area contributed by atoms with Crippen molar-refractivity contribution in [3.8, 4) is 11.6 Å². The molecule has 10 nitrogen and oxygen atoms in total. The molecule has 2 heterocycles. The third-order valence-electron chi connectivity index (χ3n) is 4.22. The Kier molecular flexibility index (Phi) is 6.22. The van der Waals surface area contributed by atoms with Crippen molar-refractivity contribution >= 4 is 43.2 Å². The van der Waals surface area contributed by atoms with E-state index in [9.17, 15) is 13.2 Å². The lowest BCUT2D eigenvalue weighted by Crippen LogP contribution is -2.15. The predicted molar refractivity (Wildman–Crippen MR) is 112 cm³/mol. The van der Waals surface area contributed by atoms with Gasteiger partial charge in [0.05, 0.1) is 35.1 Å². The van der Waals surface area contributed by atoms with Crippen LogP contribution in [0.25, 0.3) is 10.2 Å². The number of ether oxygens (including phenoxy) is 3. The van der Waals surface area contributed by atoms with Crippen LogP contribution in [0.1, 0.15) is 21.1 Å². The number of carbonyl (C=O) groups excluding carboxylic acids is 1. The van der Waals surface area contributed by atoms with Gasteiger partial charge in [-0.1, -0.05) is 0 Å². The Hall–Kier alpha value is -2.80. The average Bonchev–Trinajstić information content (AvgIpc) is 3.03. The Bertz CT molecular complexity index is 1220. The van der Waals surface area contributed by atoms with Crippen LogP contribution in [0.4, 0.5) is 5.69 Å². The molecule has 0 aliphatic carbocycles. The molecule has 0 saturated heterocycles. The summed E-state index contributed by atoms with van der Waals surface area (Å²) in [6, 6.07) is 3.96. The maximum Gasteiger partial charge on any atom is 0.266 e. The van der Waals surface area contributed by atoms with E-state index in [1.165, 1.54) is 39.5 Å². The standard InChI is InChI=1S/C18H20N4O6S2/c1-9-14-17(28-4)21-13(8-26-2)22-18(14)29-15(9)16(23)20-11-7-10(30(19,24)25)5-6-12(11)27-3/h5-7H,8H2,1-4H3,(H,20,23)(H2,19,24,25). The van der Waals surface area contributed by atoms with Gasteiger partial charge >= 0.3 is 0 Å². The van der Waals surface area contributed by atoms with Crippen molar-refractivity contribution in [2.24, 2.45) is 5.14 Å². The number of carbonyl (C=O) groups is 1. The molecule has 3 rings (SSSR count). The van der Waals surface area contributed by atoms with Crippen molar-refractivity contribution < 1.29 is 27.4 Å². The van der Waals surface area contributed by atoms with Crippen molar-refractivity contribution in [1.29, 1.82) is 0 Å². The Labute approximate surface area is 177 Å². The molecule has 160 valence electrons. The first kappa shape index (κ1) is 21.9. The van der Waals surface area contributed by atoms with E-state index in [2.05, 4.69) is 15.3 Å². The van der Waals surface area contributed by atoms with E-state index >= 15 is 0 Å². The zero-order valence-electron chi connectivity index (χ0n) is 16.7. The van der Waals surface area contributed by atoms with E-state index in [4.69, 9.17) is 19.3 Å². The van der Waals surface area contributed by atoms with Crippen molar-refractivity contribution in [2.45, 2.75) is 18.4 Å². The molecule has 3 N–H and O–H groups in total. The molecule has 2 aromatic heterocycles. The molecule has 12 heteroatoms. The van der Waals surface area contributed by atoms with Gasteiger partial charge in [-0.2, -0.15) is 4.98 Å². The minimum atomic E-state index is -3.95. The monoisotopic (exact) mass is 452 g/mol. The number of aryl methyl sites for hydroxylation is 1. The summed E-state index contributed by atoms with van der Waals surface area (Å²) in [5, 5.41) is 8.49. The van der Waals surface area contributed by atoms with E-state index in [-0.39, 0.29) is 22.9 Å². The quantitative estimate of drug-likeness (QED) is 0.555. The van der Waals surface area contributed by atoms with Gasteiger partial charge in [0.25, 0.3) is 5.91 Å². The number of sulfonamides is 1. The number of thiophene rings is 1. The van der Waals surface area contributed by atoms with Crippen LogP contribution in [0.3, 0.4) is 0 Å². The largest absolute Gasteiger partial charge is 0.495 e. The number of rotatable bonds is 7. The molecule has 0 aliphatic rings. The third kappa shape index (κ3) is 4.21. The number of hydrogen-bond acceptors (Lipinski definition) is 9. The summed E-state index contributed by atoms with van der Waals surface area (Å²) in [6.45, 7) is 1.95. The van der Waals surface area contributed by atoms with Gasteiger partial charge in [-0.05, 0) is 30.7 Å². The van der Waals surface area contributed by atoms with Crippen molar-refractivity contribution in [2.75, 3.05) is 26.6 Å². The van der Waals surface area contributed by atoms with Crippen molar-refractivity contribution in [1.82, 2.24) is 9.97 Å². The molecule has 0 bridgehead atoms. The first-order valence-electron chi connectivity index (χ1n) is 8.54. The van der Waals surface area contributed by atoms with Crippen LogP contribution in [0.5, 0.6) is 11.6 Å². The lowest BCUT2D eigenvalue weighted by molar-refractivity contribution is 0.102. The van der Waals surface area contributed by atoms with Gasteiger partial charge in [-0.3, -0.25) is 4.79 Å². The smallest absolute Gasteiger partial charge is 0.266 e. The predicted octanol–water partition coefficient (Wildman–Crippen LogP) is 2.06. The number of benzene rings is 1. The van der Waals surface area contributed by atoms with E-state index in [0.717, 1.165) is 11.3 Å². The van der Waals surface area contributed by atoms with E-state index in [1.807, 2.05) is 0 Å². The Balaban J connectivity index is 2.05. The van der Waals surface area contributed by atoms with Gasteiger partial charge in [0, 0.05) is 7.11 Å². The van der Waals surface area contributed by atoms with Gasteiger partial charge in [0.1, 0.15) is 17.2 Å². The average molecular weight is 453 g/mol. The number of anilines is 1. The fourth-order valence-corrected chi connectivity index (χ4v) is 4.47. The first-order valence-corrected chi connectivity index (χ1v) is 10.9. The number of primary sulfonamides is 1. The number of fused-ring (bicyclic) bond motifs is 1. The van der Waals surface area contributed by atoms with Gasteiger partial charge in [-0.15, -0.1) is 11.3 Å². The molecule has 3 aromatic rings. The highest BCUT2D eigenvalue weighted by Gasteiger charge is 2.22. The Morgan fingerprint density at radius 3 is 2.53 bits per heavy atom. The minimum absolute atomic E-state index is 0.150. The normalized spacial score (nSPS) is 11.5. The summed E-state index contributed by atoms with van der Waals surface area (Å²) in [6.07, 6.45) is 0. The summed E-state index contributed by atoms with van der Waals surface area (Å²) < 4.78 is 39.0. The zero-order valence-corrected chi connectivity index (χ0v) is 18.3. The number of hydrogen-bond donors (Lipinski definition) is 2.